The van der Waals surface area contributed by atoms with Gasteiger partial charge in [0.15, 0.2) is 0 Å². The summed E-state index contributed by atoms with van der Waals surface area (Å²) in [5.74, 6) is -0.645. The molecule has 4 nitrogen and oxygen atoms in total. The average molecular weight is 294 g/mol. The SMILES string of the molecule is Cc1cccc(CNC(=O)C2CC(=O)Nc3ccccc32)c1. The highest BCUT2D eigenvalue weighted by molar-refractivity contribution is 6.01. The van der Waals surface area contributed by atoms with Crippen molar-refractivity contribution in [2.45, 2.75) is 25.8 Å². The van der Waals surface area contributed by atoms with Gasteiger partial charge in [0.2, 0.25) is 11.8 Å². The Balaban J connectivity index is 1.74. The van der Waals surface area contributed by atoms with Crippen LogP contribution in [0.4, 0.5) is 5.69 Å². The summed E-state index contributed by atoms with van der Waals surface area (Å²) in [6.45, 7) is 2.49. The third-order valence-electron chi connectivity index (χ3n) is 3.87. The Morgan fingerprint density at radius 3 is 2.86 bits per heavy atom. The molecule has 1 aliphatic rings. The van der Waals surface area contributed by atoms with E-state index in [1.165, 1.54) is 0 Å². The van der Waals surface area contributed by atoms with Crippen LogP contribution in [-0.4, -0.2) is 11.8 Å². The molecule has 0 saturated carbocycles. The van der Waals surface area contributed by atoms with Gasteiger partial charge in [-0.2, -0.15) is 0 Å². The van der Waals surface area contributed by atoms with E-state index < -0.39 is 5.92 Å². The zero-order valence-corrected chi connectivity index (χ0v) is 12.4. The Morgan fingerprint density at radius 2 is 2.05 bits per heavy atom. The molecule has 22 heavy (non-hydrogen) atoms. The van der Waals surface area contributed by atoms with Gasteiger partial charge in [-0.05, 0) is 24.1 Å². The topological polar surface area (TPSA) is 58.2 Å². The van der Waals surface area contributed by atoms with Crippen LogP contribution in [0, 0.1) is 6.92 Å². The van der Waals surface area contributed by atoms with Crippen LogP contribution >= 0.6 is 0 Å². The summed E-state index contributed by atoms with van der Waals surface area (Å²) in [6, 6.07) is 15.5. The van der Waals surface area contributed by atoms with Crippen LogP contribution in [0.5, 0.6) is 0 Å². The number of anilines is 1. The normalized spacial score (nSPS) is 16.6. The van der Waals surface area contributed by atoms with Gasteiger partial charge in [0, 0.05) is 18.7 Å². The molecule has 2 amide bonds. The highest BCUT2D eigenvalue weighted by Crippen LogP contribution is 2.32. The average Bonchev–Trinajstić information content (AvgIpc) is 2.52. The molecule has 0 fully saturated rings. The second-order valence-electron chi connectivity index (χ2n) is 5.60. The lowest BCUT2D eigenvalue weighted by Crippen LogP contribution is -2.34. The highest BCUT2D eigenvalue weighted by atomic mass is 16.2. The zero-order chi connectivity index (χ0) is 15.5. The van der Waals surface area contributed by atoms with Crippen LogP contribution in [0.15, 0.2) is 48.5 Å². The quantitative estimate of drug-likeness (QED) is 0.914. The maximum absolute atomic E-state index is 12.5. The largest absolute Gasteiger partial charge is 0.351 e. The van der Waals surface area contributed by atoms with E-state index in [-0.39, 0.29) is 18.2 Å². The molecule has 0 spiro atoms. The van der Waals surface area contributed by atoms with E-state index in [4.69, 9.17) is 0 Å². The summed E-state index contributed by atoms with van der Waals surface area (Å²) in [5.41, 5.74) is 3.83. The van der Waals surface area contributed by atoms with E-state index in [0.717, 1.165) is 22.4 Å². The standard InChI is InChI=1S/C18H18N2O2/c1-12-5-4-6-13(9-12)11-19-18(22)15-10-17(21)20-16-8-3-2-7-14(15)16/h2-9,15H,10-11H2,1H3,(H,19,22)(H,20,21). The van der Waals surface area contributed by atoms with Crippen molar-refractivity contribution in [3.05, 3.63) is 65.2 Å². The van der Waals surface area contributed by atoms with E-state index in [2.05, 4.69) is 10.6 Å². The fourth-order valence-electron chi connectivity index (χ4n) is 2.78. The van der Waals surface area contributed by atoms with E-state index >= 15 is 0 Å². The Kier molecular flexibility index (Phi) is 3.92. The second-order valence-corrected chi connectivity index (χ2v) is 5.60. The number of benzene rings is 2. The maximum Gasteiger partial charge on any atom is 0.228 e. The predicted octanol–water partition coefficient (Wildman–Crippen LogP) is 2.74. The Labute approximate surface area is 129 Å². The molecule has 3 rings (SSSR count). The monoisotopic (exact) mass is 294 g/mol. The molecule has 1 heterocycles. The highest BCUT2D eigenvalue weighted by Gasteiger charge is 2.30. The third-order valence-corrected chi connectivity index (χ3v) is 3.87. The van der Waals surface area contributed by atoms with Crippen molar-refractivity contribution in [1.29, 1.82) is 0 Å². The van der Waals surface area contributed by atoms with E-state index in [1.54, 1.807) is 0 Å². The lowest BCUT2D eigenvalue weighted by Gasteiger charge is -2.24. The number of hydrogen-bond donors (Lipinski definition) is 2. The molecule has 1 aliphatic heterocycles. The van der Waals surface area contributed by atoms with Gasteiger partial charge in [0.05, 0.1) is 5.92 Å². The fraction of sp³-hybridized carbons (Fsp3) is 0.222. The van der Waals surface area contributed by atoms with Crippen molar-refractivity contribution in [1.82, 2.24) is 5.32 Å². The van der Waals surface area contributed by atoms with Crippen LogP contribution in [0.2, 0.25) is 0 Å². The van der Waals surface area contributed by atoms with Gasteiger partial charge in [0.1, 0.15) is 0 Å². The molecule has 2 aromatic carbocycles. The lowest BCUT2D eigenvalue weighted by molar-refractivity contribution is -0.126. The first kappa shape index (κ1) is 14.3. The Bertz CT molecular complexity index is 725. The van der Waals surface area contributed by atoms with Crippen molar-refractivity contribution in [2.75, 3.05) is 5.32 Å². The summed E-state index contributed by atoms with van der Waals surface area (Å²) in [5, 5.41) is 5.75. The fourth-order valence-corrected chi connectivity index (χ4v) is 2.78. The van der Waals surface area contributed by atoms with E-state index in [0.29, 0.717) is 6.54 Å². The molecule has 0 aromatic heterocycles. The summed E-state index contributed by atoms with van der Waals surface area (Å²) >= 11 is 0. The number of rotatable bonds is 3. The Hall–Kier alpha value is -2.62. The molecular formula is C18H18N2O2. The number of para-hydroxylation sites is 1. The van der Waals surface area contributed by atoms with Gasteiger partial charge >= 0.3 is 0 Å². The number of amides is 2. The van der Waals surface area contributed by atoms with Gasteiger partial charge in [0.25, 0.3) is 0 Å². The number of carbonyl (C=O) groups excluding carboxylic acids is 2. The first-order valence-corrected chi connectivity index (χ1v) is 7.35. The van der Waals surface area contributed by atoms with Gasteiger partial charge in [-0.3, -0.25) is 9.59 Å². The molecule has 112 valence electrons. The Morgan fingerprint density at radius 1 is 1.23 bits per heavy atom. The molecule has 0 aliphatic carbocycles. The third kappa shape index (κ3) is 3.01. The first-order valence-electron chi connectivity index (χ1n) is 7.35. The van der Waals surface area contributed by atoms with Gasteiger partial charge < -0.3 is 10.6 Å². The van der Waals surface area contributed by atoms with Crippen LogP contribution in [0.1, 0.15) is 29.0 Å². The molecule has 0 radical (unpaired) electrons. The molecule has 0 bridgehead atoms. The number of aryl methyl sites for hydroxylation is 1. The predicted molar refractivity (Wildman–Crippen MR) is 85.5 cm³/mol. The summed E-state index contributed by atoms with van der Waals surface area (Å²) in [7, 11) is 0. The minimum Gasteiger partial charge on any atom is -0.351 e. The summed E-state index contributed by atoms with van der Waals surface area (Å²) < 4.78 is 0. The first-order chi connectivity index (χ1) is 10.6. The van der Waals surface area contributed by atoms with E-state index in [9.17, 15) is 9.59 Å². The van der Waals surface area contributed by atoms with Crippen LogP contribution < -0.4 is 10.6 Å². The molecule has 1 unspecified atom stereocenters. The number of nitrogens with one attached hydrogen (secondary N) is 2. The molecule has 4 heteroatoms. The summed E-state index contributed by atoms with van der Waals surface area (Å²) in [4.78, 5) is 24.2. The molecule has 2 N–H and O–H groups in total. The second kappa shape index (κ2) is 6.02. The lowest BCUT2D eigenvalue weighted by atomic mass is 9.90. The molecular weight excluding hydrogens is 276 g/mol. The smallest absolute Gasteiger partial charge is 0.228 e. The van der Waals surface area contributed by atoms with Gasteiger partial charge in [-0.15, -0.1) is 0 Å². The van der Waals surface area contributed by atoms with Gasteiger partial charge in [-0.25, -0.2) is 0 Å². The van der Waals surface area contributed by atoms with E-state index in [1.807, 2.05) is 55.5 Å². The molecule has 1 atom stereocenters. The summed E-state index contributed by atoms with van der Waals surface area (Å²) in [6.07, 6.45) is 0.191. The maximum atomic E-state index is 12.5. The van der Waals surface area contributed by atoms with Gasteiger partial charge in [-0.1, -0.05) is 48.0 Å². The van der Waals surface area contributed by atoms with Crippen LogP contribution in [0.3, 0.4) is 0 Å². The minimum absolute atomic E-state index is 0.108. The van der Waals surface area contributed by atoms with Crippen molar-refractivity contribution in [3.63, 3.8) is 0 Å². The van der Waals surface area contributed by atoms with Crippen molar-refractivity contribution < 1.29 is 9.59 Å². The molecule has 2 aromatic rings. The zero-order valence-electron chi connectivity index (χ0n) is 12.4. The van der Waals surface area contributed by atoms with Crippen LogP contribution in [-0.2, 0) is 16.1 Å². The number of fused-ring (bicyclic) bond motifs is 1. The molecule has 0 saturated heterocycles. The van der Waals surface area contributed by atoms with Crippen molar-refractivity contribution >= 4 is 17.5 Å². The number of hydrogen-bond acceptors (Lipinski definition) is 2. The van der Waals surface area contributed by atoms with Crippen LogP contribution in [0.25, 0.3) is 0 Å². The van der Waals surface area contributed by atoms with Crippen molar-refractivity contribution in [3.8, 4) is 0 Å². The number of carbonyl (C=O) groups is 2. The van der Waals surface area contributed by atoms with Crippen molar-refractivity contribution in [2.24, 2.45) is 0 Å². The minimum atomic E-state index is -0.422.